The second kappa shape index (κ2) is 6.51. The second-order valence-electron chi connectivity index (χ2n) is 4.61. The first kappa shape index (κ1) is 15.2. The van der Waals surface area contributed by atoms with E-state index in [2.05, 4.69) is 15.7 Å². The molecule has 2 N–H and O–H groups in total. The fraction of sp³-hybridized carbons (Fsp3) is 0.357. The van der Waals surface area contributed by atoms with Crippen molar-refractivity contribution < 1.29 is 13.2 Å². The van der Waals surface area contributed by atoms with Crippen LogP contribution in [0.4, 0.5) is 24.5 Å². The SMILES string of the molecule is CCn1cc(CNc2cccc(NCC(F)(F)F)c2)cn1. The third-order valence-electron chi connectivity index (χ3n) is 2.86. The number of benzene rings is 1. The van der Waals surface area contributed by atoms with Gasteiger partial charge in [-0.15, -0.1) is 0 Å². The molecule has 0 fully saturated rings. The van der Waals surface area contributed by atoms with Gasteiger partial charge in [-0.2, -0.15) is 18.3 Å². The topological polar surface area (TPSA) is 41.9 Å². The molecule has 0 aliphatic heterocycles. The Kier molecular flexibility index (Phi) is 4.72. The van der Waals surface area contributed by atoms with Crippen molar-refractivity contribution in [3.63, 3.8) is 0 Å². The molecule has 0 aliphatic carbocycles. The smallest absolute Gasteiger partial charge is 0.381 e. The number of anilines is 2. The molecule has 0 unspecified atom stereocenters. The van der Waals surface area contributed by atoms with E-state index in [9.17, 15) is 13.2 Å². The molecule has 4 nitrogen and oxygen atoms in total. The van der Waals surface area contributed by atoms with Crippen LogP contribution < -0.4 is 10.6 Å². The summed E-state index contributed by atoms with van der Waals surface area (Å²) in [6.07, 6.45) is -0.529. The molecule has 2 rings (SSSR count). The highest BCUT2D eigenvalue weighted by atomic mass is 19.4. The van der Waals surface area contributed by atoms with Crippen LogP contribution in [0.3, 0.4) is 0 Å². The van der Waals surface area contributed by atoms with Crippen molar-refractivity contribution in [2.24, 2.45) is 0 Å². The number of aromatic nitrogens is 2. The lowest BCUT2D eigenvalue weighted by Crippen LogP contribution is -2.21. The van der Waals surface area contributed by atoms with Crippen LogP contribution in [0, 0.1) is 0 Å². The van der Waals surface area contributed by atoms with Gasteiger partial charge in [0.15, 0.2) is 0 Å². The minimum atomic E-state index is -4.22. The highest BCUT2D eigenvalue weighted by Crippen LogP contribution is 2.19. The van der Waals surface area contributed by atoms with E-state index in [4.69, 9.17) is 0 Å². The van der Waals surface area contributed by atoms with Crippen LogP contribution >= 0.6 is 0 Å². The van der Waals surface area contributed by atoms with Gasteiger partial charge in [0.05, 0.1) is 6.20 Å². The predicted octanol–water partition coefficient (Wildman–Crippen LogP) is 3.49. The van der Waals surface area contributed by atoms with Crippen LogP contribution in [0.15, 0.2) is 36.7 Å². The van der Waals surface area contributed by atoms with Gasteiger partial charge in [0, 0.05) is 36.2 Å². The third kappa shape index (κ3) is 5.02. The summed E-state index contributed by atoms with van der Waals surface area (Å²) in [5.41, 5.74) is 2.21. The van der Waals surface area contributed by atoms with Gasteiger partial charge in [0.1, 0.15) is 6.54 Å². The Hall–Kier alpha value is -2.18. The maximum Gasteiger partial charge on any atom is 0.405 e. The molecule has 0 radical (unpaired) electrons. The van der Waals surface area contributed by atoms with Crippen molar-refractivity contribution in [3.8, 4) is 0 Å². The Morgan fingerprint density at radius 1 is 1.19 bits per heavy atom. The van der Waals surface area contributed by atoms with Gasteiger partial charge in [-0.05, 0) is 25.1 Å². The van der Waals surface area contributed by atoms with Crippen molar-refractivity contribution in [1.29, 1.82) is 0 Å². The zero-order valence-corrected chi connectivity index (χ0v) is 11.6. The number of nitrogens with zero attached hydrogens (tertiary/aromatic N) is 2. The molecule has 0 bridgehead atoms. The zero-order chi connectivity index (χ0) is 15.3. The van der Waals surface area contributed by atoms with Crippen LogP contribution in [-0.2, 0) is 13.1 Å². The van der Waals surface area contributed by atoms with E-state index in [-0.39, 0.29) is 0 Å². The fourth-order valence-electron chi connectivity index (χ4n) is 1.82. The van der Waals surface area contributed by atoms with Crippen molar-refractivity contribution in [3.05, 3.63) is 42.2 Å². The number of alkyl halides is 3. The molecule has 0 aliphatic rings. The molecule has 1 aromatic heterocycles. The number of hydrogen-bond donors (Lipinski definition) is 2. The monoisotopic (exact) mass is 298 g/mol. The summed E-state index contributed by atoms with van der Waals surface area (Å²) in [5, 5.41) is 9.68. The molecule has 0 amide bonds. The molecule has 114 valence electrons. The number of hydrogen-bond acceptors (Lipinski definition) is 3. The Labute approximate surface area is 121 Å². The molecule has 1 heterocycles. The summed E-state index contributed by atoms with van der Waals surface area (Å²) in [6.45, 7) is 2.33. The molecular weight excluding hydrogens is 281 g/mol. The van der Waals surface area contributed by atoms with Crippen molar-refractivity contribution in [2.45, 2.75) is 26.2 Å². The van der Waals surface area contributed by atoms with Gasteiger partial charge >= 0.3 is 6.18 Å². The normalized spacial score (nSPS) is 11.4. The van der Waals surface area contributed by atoms with Crippen LogP contribution in [0.1, 0.15) is 12.5 Å². The first-order chi connectivity index (χ1) is 9.96. The molecule has 0 spiro atoms. The second-order valence-corrected chi connectivity index (χ2v) is 4.61. The number of halogens is 3. The van der Waals surface area contributed by atoms with Crippen molar-refractivity contribution in [1.82, 2.24) is 9.78 Å². The summed E-state index contributed by atoms with van der Waals surface area (Å²) < 4.78 is 38.3. The summed E-state index contributed by atoms with van der Waals surface area (Å²) in [6, 6.07) is 6.77. The van der Waals surface area contributed by atoms with E-state index in [0.29, 0.717) is 12.2 Å². The van der Waals surface area contributed by atoms with E-state index >= 15 is 0 Å². The molecule has 21 heavy (non-hydrogen) atoms. The van der Waals surface area contributed by atoms with E-state index < -0.39 is 12.7 Å². The van der Waals surface area contributed by atoms with Crippen LogP contribution in [0.5, 0.6) is 0 Å². The minimum absolute atomic E-state index is 0.432. The fourth-order valence-corrected chi connectivity index (χ4v) is 1.82. The number of nitrogens with one attached hydrogen (secondary N) is 2. The standard InChI is InChI=1S/C14H17F3N4/c1-2-21-9-11(8-20-21)7-18-12-4-3-5-13(6-12)19-10-14(15,16)17/h3-6,8-9,18-19H,2,7,10H2,1H3. The first-order valence-electron chi connectivity index (χ1n) is 6.62. The van der Waals surface area contributed by atoms with Crippen molar-refractivity contribution in [2.75, 3.05) is 17.2 Å². The van der Waals surface area contributed by atoms with E-state index in [1.54, 1.807) is 24.4 Å². The predicted molar refractivity (Wildman–Crippen MR) is 76.2 cm³/mol. The lowest BCUT2D eigenvalue weighted by molar-refractivity contribution is -0.115. The number of rotatable bonds is 6. The summed E-state index contributed by atoms with van der Waals surface area (Å²) >= 11 is 0. The molecule has 2 aromatic rings. The Morgan fingerprint density at radius 3 is 2.52 bits per heavy atom. The van der Waals surface area contributed by atoms with Gasteiger partial charge in [-0.1, -0.05) is 6.07 Å². The average Bonchev–Trinajstić information content (AvgIpc) is 2.91. The quantitative estimate of drug-likeness (QED) is 0.858. The first-order valence-corrected chi connectivity index (χ1v) is 6.62. The number of aryl methyl sites for hydroxylation is 1. The van der Waals surface area contributed by atoms with E-state index in [1.807, 2.05) is 23.9 Å². The van der Waals surface area contributed by atoms with Gasteiger partial charge < -0.3 is 10.6 Å². The Bertz CT molecular complexity index is 578. The van der Waals surface area contributed by atoms with E-state index in [1.165, 1.54) is 0 Å². The summed E-state index contributed by atoms with van der Waals surface area (Å²) in [7, 11) is 0. The van der Waals surface area contributed by atoms with Gasteiger partial charge in [0.2, 0.25) is 0 Å². The molecule has 0 saturated carbocycles. The third-order valence-corrected chi connectivity index (χ3v) is 2.86. The van der Waals surface area contributed by atoms with Gasteiger partial charge in [-0.25, -0.2) is 0 Å². The largest absolute Gasteiger partial charge is 0.405 e. The Morgan fingerprint density at radius 2 is 1.90 bits per heavy atom. The molecule has 7 heteroatoms. The minimum Gasteiger partial charge on any atom is -0.381 e. The molecular formula is C14H17F3N4. The van der Waals surface area contributed by atoms with Crippen molar-refractivity contribution >= 4 is 11.4 Å². The summed E-state index contributed by atoms with van der Waals surface area (Å²) in [4.78, 5) is 0. The molecule has 1 aromatic carbocycles. The average molecular weight is 298 g/mol. The maximum absolute atomic E-state index is 12.2. The van der Waals surface area contributed by atoms with Crippen LogP contribution in [-0.4, -0.2) is 22.5 Å². The van der Waals surface area contributed by atoms with Gasteiger partial charge in [0.25, 0.3) is 0 Å². The van der Waals surface area contributed by atoms with E-state index in [0.717, 1.165) is 17.8 Å². The highest BCUT2D eigenvalue weighted by Gasteiger charge is 2.26. The molecule has 0 saturated heterocycles. The lowest BCUT2D eigenvalue weighted by atomic mass is 10.2. The van der Waals surface area contributed by atoms with Crippen LogP contribution in [0.2, 0.25) is 0 Å². The Balaban J connectivity index is 1.91. The lowest BCUT2D eigenvalue weighted by Gasteiger charge is -2.11. The molecule has 0 atom stereocenters. The maximum atomic E-state index is 12.2. The van der Waals surface area contributed by atoms with Gasteiger partial charge in [-0.3, -0.25) is 4.68 Å². The highest BCUT2D eigenvalue weighted by molar-refractivity contribution is 5.56. The summed E-state index contributed by atoms with van der Waals surface area (Å²) in [5.74, 6) is 0. The zero-order valence-electron chi connectivity index (χ0n) is 11.6. The van der Waals surface area contributed by atoms with Crippen LogP contribution in [0.25, 0.3) is 0 Å².